The van der Waals surface area contributed by atoms with Crippen LogP contribution in [0.3, 0.4) is 0 Å². The fourth-order valence-corrected chi connectivity index (χ4v) is 3.73. The second-order valence-electron chi connectivity index (χ2n) is 8.19. The summed E-state index contributed by atoms with van der Waals surface area (Å²) < 4.78 is 1.91. The number of aryl methyl sites for hydroxylation is 1. The van der Waals surface area contributed by atoms with Crippen LogP contribution in [0, 0.1) is 32.6 Å². The molecule has 1 amide bonds. The van der Waals surface area contributed by atoms with Crippen LogP contribution in [0.25, 0.3) is 5.69 Å². The second kappa shape index (κ2) is 10.1. The van der Waals surface area contributed by atoms with Gasteiger partial charge in [0.25, 0.3) is 5.91 Å². The summed E-state index contributed by atoms with van der Waals surface area (Å²) in [5, 5.41) is 7.73. The van der Waals surface area contributed by atoms with Gasteiger partial charge in [0.2, 0.25) is 0 Å². The van der Waals surface area contributed by atoms with E-state index in [1.807, 2.05) is 66.4 Å². The number of amides is 1. The van der Waals surface area contributed by atoms with Gasteiger partial charge in [-0.3, -0.25) is 9.79 Å². The van der Waals surface area contributed by atoms with Gasteiger partial charge in [-0.1, -0.05) is 36.1 Å². The van der Waals surface area contributed by atoms with Crippen LogP contribution in [-0.4, -0.2) is 35.0 Å². The van der Waals surface area contributed by atoms with Crippen molar-refractivity contribution in [1.29, 1.82) is 0 Å². The van der Waals surface area contributed by atoms with Crippen LogP contribution in [0.2, 0.25) is 0 Å². The second-order valence-corrected chi connectivity index (χ2v) is 8.19. The molecule has 0 fully saturated rings. The molecule has 3 aromatic rings. The van der Waals surface area contributed by atoms with E-state index in [2.05, 4.69) is 42.1 Å². The molecule has 1 aliphatic rings. The van der Waals surface area contributed by atoms with E-state index in [1.165, 1.54) is 5.57 Å². The fraction of sp³-hybridized carbons (Fsp3) is 0.250. The molecule has 2 heterocycles. The van der Waals surface area contributed by atoms with E-state index in [4.69, 9.17) is 5.10 Å². The highest BCUT2D eigenvalue weighted by atomic mass is 16.1. The van der Waals surface area contributed by atoms with Gasteiger partial charge in [0, 0.05) is 29.6 Å². The number of allylic oxidation sites excluding steroid dienone is 1. The smallest absolute Gasteiger partial charge is 0.251 e. The number of aliphatic imine (C=N–C) groups is 1. The molecule has 0 saturated heterocycles. The molecule has 0 atom stereocenters. The molecule has 1 N–H and O–H groups in total. The molecule has 5 heteroatoms. The molecule has 0 radical (unpaired) electrons. The standard InChI is InChI=1S/C28H28N4O/c1-20-21(2)31-32(22(20)3)27-14-13-26(18-25(27)12-11-23-8-5-4-6-9-23)28(33)30-16-7-10-24-15-17-29-19-24/h4-6,8-9,13-15,18-19H,7,10,16-17H2,1-3H3,(H,30,33). The summed E-state index contributed by atoms with van der Waals surface area (Å²) in [4.78, 5) is 17.0. The van der Waals surface area contributed by atoms with E-state index in [0.717, 1.165) is 53.2 Å². The van der Waals surface area contributed by atoms with Gasteiger partial charge < -0.3 is 5.32 Å². The van der Waals surface area contributed by atoms with Gasteiger partial charge in [-0.2, -0.15) is 5.10 Å². The lowest BCUT2D eigenvalue weighted by Gasteiger charge is -2.11. The van der Waals surface area contributed by atoms with Crippen molar-refractivity contribution in [2.24, 2.45) is 4.99 Å². The third-order valence-electron chi connectivity index (χ3n) is 5.90. The van der Waals surface area contributed by atoms with E-state index in [1.54, 1.807) is 0 Å². The van der Waals surface area contributed by atoms with Gasteiger partial charge in [0.05, 0.1) is 23.5 Å². The molecule has 0 spiro atoms. The van der Waals surface area contributed by atoms with Crippen molar-refractivity contribution in [3.05, 3.63) is 93.8 Å². The Labute approximate surface area is 195 Å². The normalized spacial score (nSPS) is 12.3. The number of carbonyl (C=O) groups excluding carboxylic acids is 1. The fourth-order valence-electron chi connectivity index (χ4n) is 3.73. The van der Waals surface area contributed by atoms with E-state index in [0.29, 0.717) is 12.1 Å². The molecule has 0 aliphatic carbocycles. The number of hydrogen-bond donors (Lipinski definition) is 1. The van der Waals surface area contributed by atoms with Gasteiger partial charge in [-0.05, 0) is 75.1 Å². The summed E-state index contributed by atoms with van der Waals surface area (Å²) in [7, 11) is 0. The highest BCUT2D eigenvalue weighted by Gasteiger charge is 2.14. The quantitative estimate of drug-likeness (QED) is 0.449. The first-order valence-electron chi connectivity index (χ1n) is 11.2. The molecular weight excluding hydrogens is 408 g/mol. The Balaban J connectivity index is 1.58. The predicted octanol–water partition coefficient (Wildman–Crippen LogP) is 4.72. The van der Waals surface area contributed by atoms with Crippen molar-refractivity contribution in [1.82, 2.24) is 15.1 Å². The molecule has 0 bridgehead atoms. The molecule has 5 nitrogen and oxygen atoms in total. The average molecular weight is 437 g/mol. The van der Waals surface area contributed by atoms with Crippen LogP contribution in [0.4, 0.5) is 0 Å². The molecule has 1 aliphatic heterocycles. The Kier molecular flexibility index (Phi) is 6.85. The number of nitrogens with zero attached hydrogens (tertiary/aromatic N) is 3. The van der Waals surface area contributed by atoms with Crippen molar-refractivity contribution in [3.63, 3.8) is 0 Å². The molecular formula is C28H28N4O. The first kappa shape index (κ1) is 22.3. The maximum absolute atomic E-state index is 12.8. The van der Waals surface area contributed by atoms with Crippen molar-refractivity contribution in [2.75, 3.05) is 13.1 Å². The first-order valence-corrected chi connectivity index (χ1v) is 11.2. The van der Waals surface area contributed by atoms with E-state index >= 15 is 0 Å². The first-order chi connectivity index (χ1) is 16.0. The van der Waals surface area contributed by atoms with E-state index < -0.39 is 0 Å². The summed E-state index contributed by atoms with van der Waals surface area (Å²) >= 11 is 0. The maximum atomic E-state index is 12.8. The van der Waals surface area contributed by atoms with Crippen LogP contribution >= 0.6 is 0 Å². The Morgan fingerprint density at radius 2 is 1.91 bits per heavy atom. The zero-order valence-electron chi connectivity index (χ0n) is 19.4. The van der Waals surface area contributed by atoms with Crippen LogP contribution in [0.15, 0.2) is 65.2 Å². The number of benzene rings is 2. The minimum Gasteiger partial charge on any atom is -0.352 e. The largest absolute Gasteiger partial charge is 0.352 e. The summed E-state index contributed by atoms with van der Waals surface area (Å²) in [6.07, 6.45) is 5.85. The van der Waals surface area contributed by atoms with Gasteiger partial charge in [-0.25, -0.2) is 4.68 Å². The Hall–Kier alpha value is -3.91. The van der Waals surface area contributed by atoms with Crippen LogP contribution in [0.1, 0.15) is 51.3 Å². The number of hydrogen-bond acceptors (Lipinski definition) is 3. The zero-order chi connectivity index (χ0) is 23.2. The van der Waals surface area contributed by atoms with Gasteiger partial charge in [-0.15, -0.1) is 0 Å². The van der Waals surface area contributed by atoms with Gasteiger partial charge >= 0.3 is 0 Å². The van der Waals surface area contributed by atoms with Crippen molar-refractivity contribution in [2.45, 2.75) is 33.6 Å². The summed E-state index contributed by atoms with van der Waals surface area (Å²) in [5.74, 6) is 6.40. The SMILES string of the molecule is Cc1nn(-c2ccc(C(=O)NCCCC3=CCN=C3)cc2C#Cc2ccccc2)c(C)c1C. The molecule has 0 unspecified atom stereocenters. The van der Waals surface area contributed by atoms with Gasteiger partial charge in [0.1, 0.15) is 0 Å². The van der Waals surface area contributed by atoms with Crippen LogP contribution in [0.5, 0.6) is 0 Å². The Morgan fingerprint density at radius 3 is 2.61 bits per heavy atom. The van der Waals surface area contributed by atoms with Crippen LogP contribution in [-0.2, 0) is 0 Å². The highest BCUT2D eigenvalue weighted by molar-refractivity contribution is 5.95. The average Bonchev–Trinajstić information content (AvgIpc) is 3.45. The number of aromatic nitrogens is 2. The van der Waals surface area contributed by atoms with E-state index in [9.17, 15) is 4.79 Å². The Morgan fingerprint density at radius 1 is 1.09 bits per heavy atom. The third-order valence-corrected chi connectivity index (χ3v) is 5.90. The predicted molar refractivity (Wildman–Crippen MR) is 133 cm³/mol. The lowest BCUT2D eigenvalue weighted by atomic mass is 10.1. The number of carbonyl (C=O) groups is 1. The summed E-state index contributed by atoms with van der Waals surface area (Å²) in [6.45, 7) is 7.51. The molecule has 0 saturated carbocycles. The third kappa shape index (κ3) is 5.30. The highest BCUT2D eigenvalue weighted by Crippen LogP contribution is 2.21. The molecule has 33 heavy (non-hydrogen) atoms. The van der Waals surface area contributed by atoms with Crippen molar-refractivity contribution < 1.29 is 4.79 Å². The molecule has 166 valence electrons. The summed E-state index contributed by atoms with van der Waals surface area (Å²) in [6, 6.07) is 15.5. The topological polar surface area (TPSA) is 59.3 Å². The lowest BCUT2D eigenvalue weighted by molar-refractivity contribution is 0.0953. The minimum atomic E-state index is -0.0945. The summed E-state index contributed by atoms with van der Waals surface area (Å²) in [5.41, 5.74) is 7.61. The lowest BCUT2D eigenvalue weighted by Crippen LogP contribution is -2.24. The maximum Gasteiger partial charge on any atom is 0.251 e. The molecule has 1 aromatic heterocycles. The Bertz CT molecular complexity index is 1290. The van der Waals surface area contributed by atoms with Crippen LogP contribution < -0.4 is 5.32 Å². The molecule has 2 aromatic carbocycles. The number of nitrogens with one attached hydrogen (secondary N) is 1. The monoisotopic (exact) mass is 436 g/mol. The van der Waals surface area contributed by atoms with E-state index in [-0.39, 0.29) is 5.91 Å². The number of rotatable bonds is 6. The van der Waals surface area contributed by atoms with Gasteiger partial charge in [0.15, 0.2) is 0 Å². The van der Waals surface area contributed by atoms with Crippen molar-refractivity contribution >= 4 is 12.1 Å². The molecule has 4 rings (SSSR count). The van der Waals surface area contributed by atoms with Crippen molar-refractivity contribution in [3.8, 4) is 17.5 Å². The minimum absolute atomic E-state index is 0.0945. The zero-order valence-corrected chi connectivity index (χ0v) is 19.4.